The molecule has 1 spiro atoms. The van der Waals surface area contributed by atoms with Crippen LogP contribution in [-0.2, 0) is 14.2 Å². The lowest BCUT2D eigenvalue weighted by Crippen LogP contribution is -2.51. The number of hydrogen-bond donors (Lipinski definition) is 1. The topological polar surface area (TPSA) is 68.2 Å². The third kappa shape index (κ3) is 5.43. The molecule has 0 bridgehead atoms. The molecule has 0 radical (unpaired) electrons. The fraction of sp³-hybridized carbons (Fsp3) is 0.708. The van der Waals surface area contributed by atoms with E-state index in [1.165, 1.54) is 18.4 Å². The Hall–Kier alpha value is -1.59. The molecule has 1 saturated carbocycles. The second kappa shape index (κ2) is 10.4. The van der Waals surface area contributed by atoms with Crippen molar-refractivity contribution < 1.29 is 24.1 Å². The van der Waals surface area contributed by atoms with E-state index in [1.807, 2.05) is 31.7 Å². The van der Waals surface area contributed by atoms with E-state index < -0.39 is 18.0 Å². The second-order valence-corrected chi connectivity index (χ2v) is 9.84. The Labute approximate surface area is 189 Å². The van der Waals surface area contributed by atoms with Crippen LogP contribution >= 0.6 is 11.3 Å². The fourth-order valence-electron chi connectivity index (χ4n) is 4.24. The number of rotatable bonds is 6. The molecule has 7 heteroatoms. The van der Waals surface area contributed by atoms with E-state index in [0.29, 0.717) is 23.8 Å². The molecule has 31 heavy (non-hydrogen) atoms. The van der Waals surface area contributed by atoms with E-state index in [2.05, 4.69) is 18.8 Å². The lowest BCUT2D eigenvalue weighted by Gasteiger charge is -2.44. The van der Waals surface area contributed by atoms with Crippen LogP contribution in [0.3, 0.4) is 0 Å². The van der Waals surface area contributed by atoms with Crippen molar-refractivity contribution in [3.05, 3.63) is 15.8 Å². The summed E-state index contributed by atoms with van der Waals surface area (Å²) in [6.07, 6.45) is 3.31. The minimum atomic E-state index is -0.710. The molecule has 2 atom stereocenters. The summed E-state index contributed by atoms with van der Waals surface area (Å²) in [5.41, 5.74) is 0.715. The molecule has 6 nitrogen and oxygen atoms in total. The molecule has 0 aromatic carbocycles. The largest absolute Gasteiger partial charge is 0.465 e. The number of carbonyl (C=O) groups excluding carboxylic acids is 1. The SMILES string of the molecule is CCC(C)C(O)N(c1cc(C#CC(C)C)sc1C(=O)OC)C1CCC2(CC1)OCCO2. The van der Waals surface area contributed by atoms with Crippen molar-refractivity contribution >= 4 is 23.0 Å². The molecule has 2 unspecified atom stereocenters. The monoisotopic (exact) mass is 449 g/mol. The fourth-order valence-corrected chi connectivity index (χ4v) is 5.17. The van der Waals surface area contributed by atoms with Crippen LogP contribution in [0.2, 0.25) is 0 Å². The van der Waals surface area contributed by atoms with E-state index in [1.54, 1.807) is 0 Å². The number of nitrogens with zero attached hydrogens (tertiary/aromatic N) is 1. The first-order valence-corrected chi connectivity index (χ1v) is 12.1. The van der Waals surface area contributed by atoms with Crippen LogP contribution in [0.25, 0.3) is 0 Å². The highest BCUT2D eigenvalue weighted by Gasteiger charge is 2.43. The molecule has 1 aromatic rings. The number of carbonyl (C=O) groups is 1. The molecule has 2 heterocycles. The van der Waals surface area contributed by atoms with Gasteiger partial charge in [-0.3, -0.25) is 0 Å². The van der Waals surface area contributed by atoms with Crippen molar-refractivity contribution in [1.82, 2.24) is 0 Å². The van der Waals surface area contributed by atoms with Gasteiger partial charge in [-0.1, -0.05) is 39.5 Å². The quantitative estimate of drug-likeness (QED) is 0.394. The van der Waals surface area contributed by atoms with Crippen molar-refractivity contribution in [2.45, 2.75) is 77.9 Å². The average molecular weight is 450 g/mol. The van der Waals surface area contributed by atoms with Gasteiger partial charge in [-0.15, -0.1) is 11.3 Å². The van der Waals surface area contributed by atoms with Crippen molar-refractivity contribution in [3.63, 3.8) is 0 Å². The summed E-state index contributed by atoms with van der Waals surface area (Å²) in [6.45, 7) is 9.45. The summed E-state index contributed by atoms with van der Waals surface area (Å²) in [5.74, 6) is 5.75. The Morgan fingerprint density at radius 1 is 1.32 bits per heavy atom. The zero-order valence-corrected chi connectivity index (χ0v) is 20.1. The van der Waals surface area contributed by atoms with Crippen LogP contribution in [0.15, 0.2) is 6.07 Å². The lowest BCUT2D eigenvalue weighted by molar-refractivity contribution is -0.179. The van der Waals surface area contributed by atoms with Gasteiger partial charge < -0.3 is 24.2 Å². The van der Waals surface area contributed by atoms with E-state index in [4.69, 9.17) is 14.2 Å². The van der Waals surface area contributed by atoms with Gasteiger partial charge in [0.05, 0.1) is 30.9 Å². The van der Waals surface area contributed by atoms with Crippen molar-refractivity contribution in [1.29, 1.82) is 0 Å². The predicted octanol–water partition coefficient (Wildman–Crippen LogP) is 4.40. The van der Waals surface area contributed by atoms with E-state index in [-0.39, 0.29) is 17.9 Å². The first-order chi connectivity index (χ1) is 14.8. The van der Waals surface area contributed by atoms with Crippen molar-refractivity contribution in [3.8, 4) is 11.8 Å². The van der Waals surface area contributed by atoms with E-state index >= 15 is 0 Å². The maximum atomic E-state index is 12.6. The van der Waals surface area contributed by atoms with Gasteiger partial charge in [0.15, 0.2) is 5.79 Å². The van der Waals surface area contributed by atoms with E-state index in [0.717, 1.165) is 37.0 Å². The molecule has 1 aromatic heterocycles. The maximum absolute atomic E-state index is 12.6. The summed E-state index contributed by atoms with van der Waals surface area (Å²) >= 11 is 1.33. The summed E-state index contributed by atoms with van der Waals surface area (Å²) in [7, 11) is 1.39. The lowest BCUT2D eigenvalue weighted by atomic mass is 9.87. The van der Waals surface area contributed by atoms with Crippen LogP contribution < -0.4 is 4.90 Å². The number of anilines is 1. The Bertz CT molecular complexity index is 808. The van der Waals surface area contributed by atoms with Gasteiger partial charge in [0.1, 0.15) is 11.1 Å². The molecule has 1 aliphatic heterocycles. The molecular weight excluding hydrogens is 414 g/mol. The summed E-state index contributed by atoms with van der Waals surface area (Å²) < 4.78 is 16.8. The number of esters is 1. The molecule has 3 rings (SSSR count). The van der Waals surface area contributed by atoms with Crippen LogP contribution in [-0.4, -0.2) is 49.5 Å². The molecule has 1 saturated heterocycles. The first-order valence-electron chi connectivity index (χ1n) is 11.3. The van der Waals surface area contributed by atoms with Gasteiger partial charge in [0.25, 0.3) is 0 Å². The van der Waals surface area contributed by atoms with Crippen LogP contribution in [0.5, 0.6) is 0 Å². The third-order valence-electron chi connectivity index (χ3n) is 6.21. The Morgan fingerprint density at radius 2 is 1.97 bits per heavy atom. The predicted molar refractivity (Wildman–Crippen MR) is 122 cm³/mol. The number of ether oxygens (including phenoxy) is 3. The van der Waals surface area contributed by atoms with Gasteiger partial charge in [-0.25, -0.2) is 4.79 Å². The number of aliphatic hydroxyl groups is 1. The maximum Gasteiger partial charge on any atom is 0.350 e. The van der Waals surface area contributed by atoms with Crippen LogP contribution in [0.4, 0.5) is 5.69 Å². The van der Waals surface area contributed by atoms with Crippen molar-refractivity contribution in [2.75, 3.05) is 25.2 Å². The highest BCUT2D eigenvalue weighted by molar-refractivity contribution is 7.15. The Kier molecular flexibility index (Phi) is 8.03. The number of aliphatic hydroxyl groups excluding tert-OH is 1. The highest BCUT2D eigenvalue weighted by Crippen LogP contribution is 2.42. The third-order valence-corrected chi connectivity index (χ3v) is 7.23. The smallest absolute Gasteiger partial charge is 0.350 e. The molecular formula is C24H35NO5S. The van der Waals surface area contributed by atoms with E-state index in [9.17, 15) is 9.90 Å². The average Bonchev–Trinajstić information content (AvgIpc) is 3.40. The van der Waals surface area contributed by atoms with Gasteiger partial charge in [0.2, 0.25) is 0 Å². The minimum Gasteiger partial charge on any atom is -0.465 e. The number of thiophene rings is 1. The molecule has 2 fully saturated rings. The summed E-state index contributed by atoms with van der Waals surface area (Å²) in [5, 5.41) is 11.3. The molecule has 1 aliphatic carbocycles. The van der Waals surface area contributed by atoms with Gasteiger partial charge >= 0.3 is 5.97 Å². The second-order valence-electron chi connectivity index (χ2n) is 8.79. The number of hydrogen-bond acceptors (Lipinski definition) is 7. The first kappa shape index (κ1) is 24.1. The summed E-state index contributed by atoms with van der Waals surface area (Å²) in [4.78, 5) is 16.0. The zero-order chi connectivity index (χ0) is 22.6. The molecule has 172 valence electrons. The van der Waals surface area contributed by atoms with Crippen LogP contribution in [0, 0.1) is 23.7 Å². The Morgan fingerprint density at radius 3 is 2.52 bits per heavy atom. The van der Waals surface area contributed by atoms with Gasteiger partial charge in [-0.05, 0) is 25.3 Å². The zero-order valence-electron chi connectivity index (χ0n) is 19.3. The molecule has 2 aliphatic rings. The molecule has 1 N–H and O–H groups in total. The Balaban J connectivity index is 1.97. The summed E-state index contributed by atoms with van der Waals surface area (Å²) in [6, 6.07) is 2.01. The highest BCUT2D eigenvalue weighted by atomic mass is 32.1. The van der Waals surface area contributed by atoms with Gasteiger partial charge in [0, 0.05) is 30.7 Å². The van der Waals surface area contributed by atoms with Crippen molar-refractivity contribution in [2.24, 2.45) is 11.8 Å². The minimum absolute atomic E-state index is 0.0467. The molecule has 0 amide bonds. The van der Waals surface area contributed by atoms with Gasteiger partial charge in [-0.2, -0.15) is 0 Å². The normalized spacial score (nSPS) is 20.4. The van der Waals surface area contributed by atoms with Crippen LogP contribution in [0.1, 0.15) is 74.3 Å². The standard InChI is InChI=1S/C24H35NO5S/c1-6-17(4)22(26)25(18-9-11-24(12-10-18)29-13-14-30-24)20-15-19(8-7-16(2)3)31-21(20)23(27)28-5/h15-18,22,26H,6,9-14H2,1-5H3. The number of methoxy groups -OCH3 is 1.